The first-order valence-corrected chi connectivity index (χ1v) is 8.37. The molecule has 0 aliphatic heterocycles. The molecule has 0 saturated heterocycles. The van der Waals surface area contributed by atoms with Gasteiger partial charge in [-0.25, -0.2) is 0 Å². The summed E-state index contributed by atoms with van der Waals surface area (Å²) in [5.74, 6) is 0.956. The highest BCUT2D eigenvalue weighted by atomic mass is 16.5. The maximum absolute atomic E-state index is 12.2. The van der Waals surface area contributed by atoms with E-state index in [-0.39, 0.29) is 42.1 Å². The average molecular weight is 344 g/mol. The van der Waals surface area contributed by atoms with Crippen LogP contribution in [0.1, 0.15) is 39.8 Å². The minimum Gasteiger partial charge on any atom is -0.491 e. The average Bonchev–Trinajstić information content (AvgIpc) is 2.52. The molecule has 7 nitrogen and oxygen atoms in total. The van der Waals surface area contributed by atoms with Crippen LogP contribution >= 0.6 is 0 Å². The highest BCUT2D eigenvalue weighted by Crippen LogP contribution is 2.20. The molecule has 7 heteroatoms. The molecule has 1 amide bonds. The molecule has 0 unspecified atom stereocenters. The van der Waals surface area contributed by atoms with Crippen molar-refractivity contribution in [3.8, 4) is 17.1 Å². The minimum atomic E-state index is -0.336. The van der Waals surface area contributed by atoms with Gasteiger partial charge in [0.25, 0.3) is 5.56 Å². The van der Waals surface area contributed by atoms with Crippen molar-refractivity contribution in [1.82, 2.24) is 20.5 Å². The van der Waals surface area contributed by atoms with E-state index in [1.165, 1.54) is 0 Å². The third kappa shape index (κ3) is 5.70. The lowest BCUT2D eigenvalue weighted by Crippen LogP contribution is -2.31. The van der Waals surface area contributed by atoms with Gasteiger partial charge in [0.05, 0.1) is 6.10 Å². The van der Waals surface area contributed by atoms with E-state index in [4.69, 9.17) is 4.74 Å². The van der Waals surface area contributed by atoms with E-state index in [2.05, 4.69) is 20.5 Å². The summed E-state index contributed by atoms with van der Waals surface area (Å²) in [6.07, 6.45) is 0.504. The Bertz CT molecular complexity index is 784. The van der Waals surface area contributed by atoms with Crippen molar-refractivity contribution in [2.45, 2.75) is 52.7 Å². The molecule has 1 aromatic carbocycles. The smallest absolute Gasteiger partial charge is 0.273 e. The van der Waals surface area contributed by atoms with Crippen LogP contribution in [0.5, 0.6) is 5.75 Å². The molecule has 2 rings (SSSR count). The van der Waals surface area contributed by atoms with Gasteiger partial charge < -0.3 is 15.0 Å². The fourth-order valence-corrected chi connectivity index (χ4v) is 2.27. The molecule has 2 aromatic rings. The summed E-state index contributed by atoms with van der Waals surface area (Å²) in [4.78, 5) is 26.6. The lowest BCUT2D eigenvalue weighted by atomic mass is 10.2. The SMILES string of the molecule is CC(C)NC(=O)CCc1nnc(-c2cccc(OC(C)C)c2)[nH]c1=O. The lowest BCUT2D eigenvalue weighted by Gasteiger charge is -2.10. The maximum Gasteiger partial charge on any atom is 0.273 e. The largest absolute Gasteiger partial charge is 0.491 e. The van der Waals surface area contributed by atoms with Crippen LogP contribution in [0.25, 0.3) is 11.4 Å². The molecule has 0 atom stereocenters. The Hall–Kier alpha value is -2.70. The zero-order valence-corrected chi connectivity index (χ0v) is 15.0. The van der Waals surface area contributed by atoms with Gasteiger partial charge in [0.1, 0.15) is 11.4 Å². The number of carbonyl (C=O) groups excluding carboxylic acids is 1. The van der Waals surface area contributed by atoms with Gasteiger partial charge in [0.15, 0.2) is 5.82 Å². The molecule has 1 aromatic heterocycles. The summed E-state index contributed by atoms with van der Waals surface area (Å²) < 4.78 is 5.64. The van der Waals surface area contributed by atoms with Crippen molar-refractivity contribution in [2.75, 3.05) is 0 Å². The van der Waals surface area contributed by atoms with Crippen LogP contribution in [0, 0.1) is 0 Å². The molecular weight excluding hydrogens is 320 g/mol. The van der Waals surface area contributed by atoms with Crippen molar-refractivity contribution in [3.05, 3.63) is 40.3 Å². The van der Waals surface area contributed by atoms with Crippen LogP contribution in [-0.4, -0.2) is 33.2 Å². The third-order valence-electron chi connectivity index (χ3n) is 3.28. The highest BCUT2D eigenvalue weighted by molar-refractivity contribution is 5.76. The molecule has 1 heterocycles. The summed E-state index contributed by atoms with van der Waals surface area (Å²) in [5, 5.41) is 10.8. The normalized spacial score (nSPS) is 11.0. The molecule has 0 aliphatic rings. The second kappa shape index (κ2) is 8.41. The topological polar surface area (TPSA) is 97.0 Å². The van der Waals surface area contributed by atoms with E-state index in [0.29, 0.717) is 17.1 Å². The van der Waals surface area contributed by atoms with Gasteiger partial charge in [-0.15, -0.1) is 10.2 Å². The molecule has 0 saturated carbocycles. The first-order chi connectivity index (χ1) is 11.8. The van der Waals surface area contributed by atoms with E-state index < -0.39 is 0 Å². The van der Waals surface area contributed by atoms with Gasteiger partial charge in [0.2, 0.25) is 5.91 Å². The van der Waals surface area contributed by atoms with Gasteiger partial charge in [-0.05, 0) is 39.8 Å². The Morgan fingerprint density at radius 3 is 2.64 bits per heavy atom. The number of nitrogens with one attached hydrogen (secondary N) is 2. The molecule has 0 aliphatic carbocycles. The molecule has 2 N–H and O–H groups in total. The molecule has 134 valence electrons. The number of ether oxygens (including phenoxy) is 1. The van der Waals surface area contributed by atoms with Crippen molar-refractivity contribution < 1.29 is 9.53 Å². The fraction of sp³-hybridized carbons (Fsp3) is 0.444. The van der Waals surface area contributed by atoms with Crippen LogP contribution in [0.3, 0.4) is 0 Å². The summed E-state index contributed by atoms with van der Waals surface area (Å²) >= 11 is 0. The Balaban J connectivity index is 2.11. The van der Waals surface area contributed by atoms with Crippen LogP contribution < -0.4 is 15.6 Å². The molecule has 0 fully saturated rings. The van der Waals surface area contributed by atoms with E-state index in [1.807, 2.05) is 45.9 Å². The molecule has 0 spiro atoms. The Morgan fingerprint density at radius 2 is 2.00 bits per heavy atom. The van der Waals surface area contributed by atoms with Gasteiger partial charge in [-0.1, -0.05) is 12.1 Å². The zero-order valence-electron chi connectivity index (χ0n) is 15.0. The second-order valence-corrected chi connectivity index (χ2v) is 6.37. The van der Waals surface area contributed by atoms with Crippen LogP contribution in [0.2, 0.25) is 0 Å². The number of benzene rings is 1. The lowest BCUT2D eigenvalue weighted by molar-refractivity contribution is -0.121. The monoisotopic (exact) mass is 344 g/mol. The number of amides is 1. The number of aromatic nitrogens is 3. The summed E-state index contributed by atoms with van der Waals surface area (Å²) in [7, 11) is 0. The van der Waals surface area contributed by atoms with Gasteiger partial charge in [-0.2, -0.15) is 0 Å². The van der Waals surface area contributed by atoms with E-state index in [1.54, 1.807) is 6.07 Å². The summed E-state index contributed by atoms with van der Waals surface area (Å²) in [6.45, 7) is 7.66. The fourth-order valence-electron chi connectivity index (χ4n) is 2.27. The van der Waals surface area contributed by atoms with Crippen LogP contribution in [-0.2, 0) is 11.2 Å². The quantitative estimate of drug-likeness (QED) is 0.801. The Morgan fingerprint density at radius 1 is 1.24 bits per heavy atom. The Labute approximate surface area is 146 Å². The van der Waals surface area contributed by atoms with Crippen molar-refractivity contribution in [3.63, 3.8) is 0 Å². The van der Waals surface area contributed by atoms with Crippen molar-refractivity contribution in [1.29, 1.82) is 0 Å². The van der Waals surface area contributed by atoms with Crippen molar-refractivity contribution >= 4 is 5.91 Å². The number of rotatable bonds is 7. The number of aryl methyl sites for hydroxylation is 1. The van der Waals surface area contributed by atoms with E-state index in [9.17, 15) is 9.59 Å². The van der Waals surface area contributed by atoms with Crippen LogP contribution in [0.15, 0.2) is 29.1 Å². The number of carbonyl (C=O) groups is 1. The number of hydrogen-bond donors (Lipinski definition) is 2. The molecule has 0 bridgehead atoms. The Kier molecular flexibility index (Phi) is 6.27. The van der Waals surface area contributed by atoms with E-state index in [0.717, 1.165) is 0 Å². The summed E-state index contributed by atoms with van der Waals surface area (Å²) in [5.41, 5.74) is 0.626. The summed E-state index contributed by atoms with van der Waals surface area (Å²) in [6, 6.07) is 7.37. The third-order valence-corrected chi connectivity index (χ3v) is 3.28. The van der Waals surface area contributed by atoms with Gasteiger partial charge in [0, 0.05) is 24.4 Å². The first kappa shape index (κ1) is 18.6. The standard InChI is InChI=1S/C18H24N4O3/c1-11(2)19-16(23)9-8-15-18(24)20-17(22-21-15)13-6-5-7-14(10-13)25-12(3)4/h5-7,10-12H,8-9H2,1-4H3,(H,19,23)(H,20,22,24). The van der Waals surface area contributed by atoms with Gasteiger partial charge >= 0.3 is 0 Å². The molecule has 0 radical (unpaired) electrons. The molecular formula is C18H24N4O3. The number of hydrogen-bond acceptors (Lipinski definition) is 5. The van der Waals surface area contributed by atoms with E-state index >= 15 is 0 Å². The van der Waals surface area contributed by atoms with Gasteiger partial charge in [-0.3, -0.25) is 9.59 Å². The highest BCUT2D eigenvalue weighted by Gasteiger charge is 2.10. The first-order valence-electron chi connectivity index (χ1n) is 8.37. The minimum absolute atomic E-state index is 0.0553. The van der Waals surface area contributed by atoms with Crippen LogP contribution in [0.4, 0.5) is 0 Å². The second-order valence-electron chi connectivity index (χ2n) is 6.37. The zero-order chi connectivity index (χ0) is 18.4. The predicted molar refractivity (Wildman–Crippen MR) is 95.5 cm³/mol. The number of H-pyrrole nitrogens is 1. The maximum atomic E-state index is 12.2. The number of aromatic amines is 1. The predicted octanol–water partition coefficient (Wildman–Crippen LogP) is 2.08. The molecule has 25 heavy (non-hydrogen) atoms. The van der Waals surface area contributed by atoms with Crippen molar-refractivity contribution in [2.24, 2.45) is 0 Å². The number of nitrogens with zero attached hydrogens (tertiary/aromatic N) is 2.